The van der Waals surface area contributed by atoms with Crippen LogP contribution in [0.25, 0.3) is 6.08 Å². The summed E-state index contributed by atoms with van der Waals surface area (Å²) in [5, 5.41) is 8.34. The first kappa shape index (κ1) is 13.7. The maximum atomic E-state index is 13.0. The Morgan fingerprint density at radius 2 is 1.94 bits per heavy atom. The molecule has 0 saturated heterocycles. The third-order valence-corrected chi connectivity index (χ3v) is 2.59. The zero-order valence-electron chi connectivity index (χ0n) is 8.05. The first-order valence-electron chi connectivity index (χ1n) is 4.19. The molecule has 2 nitrogen and oxygen atoms in total. The second kappa shape index (κ2) is 4.87. The van der Waals surface area contributed by atoms with Crippen LogP contribution in [0.1, 0.15) is 11.1 Å². The van der Waals surface area contributed by atoms with Crippen molar-refractivity contribution in [1.82, 2.24) is 0 Å². The summed E-state index contributed by atoms with van der Waals surface area (Å²) < 4.78 is 50.2. The van der Waals surface area contributed by atoms with E-state index in [0.717, 1.165) is 18.2 Å². The number of carboxylic acids is 1. The topological polar surface area (TPSA) is 37.3 Å². The molecule has 17 heavy (non-hydrogen) atoms. The molecule has 0 saturated carbocycles. The summed E-state index contributed by atoms with van der Waals surface area (Å²) in [6, 6.07) is 1.68. The fraction of sp³-hybridized carbons (Fsp3) is 0.100. The van der Waals surface area contributed by atoms with Gasteiger partial charge in [-0.15, -0.1) is 0 Å². The fourth-order valence-corrected chi connectivity index (χ4v) is 1.74. The second-order valence-electron chi connectivity index (χ2n) is 2.99. The molecule has 0 aliphatic heterocycles. The van der Waals surface area contributed by atoms with Gasteiger partial charge in [-0.25, -0.2) is 9.18 Å². The van der Waals surface area contributed by atoms with Crippen LogP contribution in [-0.2, 0) is 11.0 Å². The average molecular weight is 313 g/mol. The van der Waals surface area contributed by atoms with E-state index in [-0.39, 0.29) is 0 Å². The first-order chi connectivity index (χ1) is 7.73. The molecule has 0 aliphatic rings. The molecule has 0 spiro atoms. The van der Waals surface area contributed by atoms with Gasteiger partial charge in [-0.1, -0.05) is 6.07 Å². The van der Waals surface area contributed by atoms with E-state index in [1.807, 2.05) is 0 Å². The van der Waals surface area contributed by atoms with Gasteiger partial charge in [0.1, 0.15) is 5.82 Å². The molecular weight excluding hydrogens is 308 g/mol. The maximum absolute atomic E-state index is 13.0. The molecular formula is C10H5BrF4O2. The van der Waals surface area contributed by atoms with Crippen molar-refractivity contribution in [3.8, 4) is 0 Å². The van der Waals surface area contributed by atoms with Crippen molar-refractivity contribution in [3.63, 3.8) is 0 Å². The lowest BCUT2D eigenvalue weighted by Gasteiger charge is -2.12. The van der Waals surface area contributed by atoms with Crippen LogP contribution >= 0.6 is 15.9 Å². The fourth-order valence-electron chi connectivity index (χ4n) is 1.15. The smallest absolute Gasteiger partial charge is 0.418 e. The lowest BCUT2D eigenvalue weighted by Crippen LogP contribution is -2.09. The van der Waals surface area contributed by atoms with E-state index in [1.54, 1.807) is 0 Å². The van der Waals surface area contributed by atoms with Crippen LogP contribution in [0.4, 0.5) is 17.6 Å². The van der Waals surface area contributed by atoms with Gasteiger partial charge in [-0.3, -0.25) is 0 Å². The number of carboxylic acid groups (broad SMARTS) is 1. The molecule has 0 bridgehead atoms. The Labute approximate surface area is 102 Å². The minimum Gasteiger partial charge on any atom is -0.478 e. The zero-order valence-corrected chi connectivity index (χ0v) is 9.64. The van der Waals surface area contributed by atoms with Crippen LogP contribution in [-0.4, -0.2) is 11.1 Å². The monoisotopic (exact) mass is 312 g/mol. The molecule has 0 aromatic heterocycles. The molecule has 1 aromatic rings. The van der Waals surface area contributed by atoms with Crippen LogP contribution in [0.3, 0.4) is 0 Å². The van der Waals surface area contributed by atoms with E-state index in [2.05, 4.69) is 15.9 Å². The molecule has 0 heterocycles. The highest BCUT2D eigenvalue weighted by Crippen LogP contribution is 2.39. The highest BCUT2D eigenvalue weighted by molar-refractivity contribution is 9.10. The van der Waals surface area contributed by atoms with Gasteiger partial charge in [-0.2, -0.15) is 13.2 Å². The van der Waals surface area contributed by atoms with E-state index in [1.165, 1.54) is 0 Å². The largest absolute Gasteiger partial charge is 0.478 e. The molecule has 1 rings (SSSR count). The Balaban J connectivity index is 3.41. The van der Waals surface area contributed by atoms with Gasteiger partial charge >= 0.3 is 12.1 Å². The van der Waals surface area contributed by atoms with Crippen molar-refractivity contribution in [2.24, 2.45) is 0 Å². The van der Waals surface area contributed by atoms with Crippen molar-refractivity contribution in [2.45, 2.75) is 6.18 Å². The van der Waals surface area contributed by atoms with Gasteiger partial charge in [0.15, 0.2) is 0 Å². The SMILES string of the molecule is O=C(O)/C=C/c1ccc(F)c(Br)c1C(F)(F)F. The predicted octanol–water partition coefficient (Wildman–Crippen LogP) is 3.70. The zero-order chi connectivity index (χ0) is 13.2. The Kier molecular flexibility index (Phi) is 3.92. The van der Waals surface area contributed by atoms with Crippen molar-refractivity contribution in [1.29, 1.82) is 0 Å². The normalized spacial score (nSPS) is 12.1. The number of hydrogen-bond donors (Lipinski definition) is 1. The highest BCUT2D eigenvalue weighted by Gasteiger charge is 2.36. The summed E-state index contributed by atoms with van der Waals surface area (Å²) in [5.41, 5.74) is -1.66. The Bertz CT molecular complexity index is 480. The Morgan fingerprint density at radius 1 is 1.35 bits per heavy atom. The highest BCUT2D eigenvalue weighted by atomic mass is 79.9. The van der Waals surface area contributed by atoms with Crippen molar-refractivity contribution in [3.05, 3.63) is 39.6 Å². The third kappa shape index (κ3) is 3.29. The average Bonchev–Trinajstić information content (AvgIpc) is 2.17. The molecule has 1 aromatic carbocycles. The molecule has 92 valence electrons. The van der Waals surface area contributed by atoms with Crippen LogP contribution in [0.15, 0.2) is 22.7 Å². The van der Waals surface area contributed by atoms with Gasteiger partial charge in [0.25, 0.3) is 0 Å². The molecule has 0 atom stereocenters. The van der Waals surface area contributed by atoms with Gasteiger partial charge in [0.05, 0.1) is 10.0 Å². The van der Waals surface area contributed by atoms with Crippen molar-refractivity contribution < 1.29 is 27.5 Å². The lowest BCUT2D eigenvalue weighted by molar-refractivity contribution is -0.138. The summed E-state index contributed by atoms with van der Waals surface area (Å²) >= 11 is 2.50. The summed E-state index contributed by atoms with van der Waals surface area (Å²) in [7, 11) is 0. The summed E-state index contributed by atoms with van der Waals surface area (Å²) in [5.74, 6) is -2.46. The van der Waals surface area contributed by atoms with Gasteiger partial charge in [-0.05, 0) is 33.6 Å². The standard InChI is InChI=1S/C10H5BrF4O2/c11-9-6(12)3-1-5(2-4-7(16)17)8(9)10(13,14)15/h1-4H,(H,16,17)/b4-2+. The Morgan fingerprint density at radius 3 is 2.41 bits per heavy atom. The molecule has 1 N–H and O–H groups in total. The van der Waals surface area contributed by atoms with E-state index in [0.29, 0.717) is 6.08 Å². The van der Waals surface area contributed by atoms with Gasteiger partial charge < -0.3 is 5.11 Å². The van der Waals surface area contributed by atoms with Crippen molar-refractivity contribution in [2.75, 3.05) is 0 Å². The van der Waals surface area contributed by atoms with E-state index in [4.69, 9.17) is 5.11 Å². The van der Waals surface area contributed by atoms with Crippen LogP contribution in [0, 0.1) is 5.82 Å². The van der Waals surface area contributed by atoms with E-state index in [9.17, 15) is 22.4 Å². The number of alkyl halides is 3. The number of carbonyl (C=O) groups is 1. The van der Waals surface area contributed by atoms with Crippen LogP contribution < -0.4 is 0 Å². The van der Waals surface area contributed by atoms with Crippen LogP contribution in [0.2, 0.25) is 0 Å². The molecule has 0 unspecified atom stereocenters. The second-order valence-corrected chi connectivity index (χ2v) is 3.79. The molecule has 0 radical (unpaired) electrons. The first-order valence-corrected chi connectivity index (χ1v) is 4.99. The number of halogens is 5. The lowest BCUT2D eigenvalue weighted by atomic mass is 10.1. The third-order valence-electron chi connectivity index (χ3n) is 1.82. The molecule has 0 amide bonds. The minimum atomic E-state index is -4.78. The predicted molar refractivity (Wildman–Crippen MR) is 55.8 cm³/mol. The quantitative estimate of drug-likeness (QED) is 0.668. The number of aliphatic carboxylic acids is 1. The summed E-state index contributed by atoms with van der Waals surface area (Å²) in [6.07, 6.45) is -3.47. The summed E-state index contributed by atoms with van der Waals surface area (Å²) in [6.45, 7) is 0. The van der Waals surface area contributed by atoms with Crippen molar-refractivity contribution >= 4 is 28.0 Å². The van der Waals surface area contributed by atoms with Gasteiger partial charge in [0, 0.05) is 6.08 Å². The molecule has 0 fully saturated rings. The van der Waals surface area contributed by atoms with Crippen LogP contribution in [0.5, 0.6) is 0 Å². The number of benzene rings is 1. The number of rotatable bonds is 2. The maximum Gasteiger partial charge on any atom is 0.418 e. The minimum absolute atomic E-state index is 0.423. The Hall–Kier alpha value is -1.37. The number of hydrogen-bond acceptors (Lipinski definition) is 1. The van der Waals surface area contributed by atoms with E-state index < -0.39 is 33.6 Å². The van der Waals surface area contributed by atoms with Gasteiger partial charge in [0.2, 0.25) is 0 Å². The molecule has 0 aliphatic carbocycles. The molecule has 7 heteroatoms. The summed E-state index contributed by atoms with van der Waals surface area (Å²) in [4.78, 5) is 10.2. The van der Waals surface area contributed by atoms with E-state index >= 15 is 0 Å².